The third-order valence-electron chi connectivity index (χ3n) is 3.13. The molecule has 0 aliphatic heterocycles. The number of benzene rings is 1. The van der Waals surface area contributed by atoms with Gasteiger partial charge in [-0.3, -0.25) is 5.10 Å². The van der Waals surface area contributed by atoms with Crippen LogP contribution in [0, 0.1) is 0 Å². The molecule has 1 aromatic heterocycles. The van der Waals surface area contributed by atoms with Crippen LogP contribution in [0.2, 0.25) is 0 Å². The van der Waals surface area contributed by atoms with Crippen LogP contribution in [0.25, 0.3) is 0 Å². The van der Waals surface area contributed by atoms with Crippen LogP contribution in [-0.2, 0) is 11.2 Å². The van der Waals surface area contributed by atoms with E-state index < -0.39 is 11.6 Å². The summed E-state index contributed by atoms with van der Waals surface area (Å²) in [6.45, 7) is 5.85. The van der Waals surface area contributed by atoms with Gasteiger partial charge in [0.1, 0.15) is 17.8 Å². The molecule has 0 saturated heterocycles. The van der Waals surface area contributed by atoms with Crippen LogP contribution < -0.4 is 10.6 Å². The second-order valence-corrected chi connectivity index (χ2v) is 6.46. The molecule has 8 heteroatoms. The van der Waals surface area contributed by atoms with Crippen molar-refractivity contribution in [3.05, 3.63) is 42.0 Å². The monoisotopic (exact) mass is 345 g/mol. The number of ether oxygens (including phenoxy) is 1. The second-order valence-electron chi connectivity index (χ2n) is 6.46. The van der Waals surface area contributed by atoms with Crippen molar-refractivity contribution in [2.75, 3.05) is 11.9 Å². The summed E-state index contributed by atoms with van der Waals surface area (Å²) >= 11 is 0. The van der Waals surface area contributed by atoms with Crippen molar-refractivity contribution >= 4 is 17.7 Å². The Balaban J connectivity index is 1.86. The Morgan fingerprint density at radius 1 is 1.24 bits per heavy atom. The van der Waals surface area contributed by atoms with Crippen LogP contribution in [0.3, 0.4) is 0 Å². The van der Waals surface area contributed by atoms with Gasteiger partial charge < -0.3 is 15.4 Å². The fourth-order valence-corrected chi connectivity index (χ4v) is 2.08. The number of hydrogen-bond acceptors (Lipinski definition) is 5. The number of carbonyl (C=O) groups is 2. The number of anilines is 1. The number of aromatic nitrogens is 3. The van der Waals surface area contributed by atoms with Gasteiger partial charge in [-0.25, -0.2) is 14.6 Å². The summed E-state index contributed by atoms with van der Waals surface area (Å²) in [5, 5.41) is 12.0. The average molecular weight is 345 g/mol. The van der Waals surface area contributed by atoms with Crippen LogP contribution in [0.15, 0.2) is 30.6 Å². The molecule has 2 amide bonds. The normalized spacial score (nSPS) is 11.0. The van der Waals surface area contributed by atoms with E-state index in [-0.39, 0.29) is 6.03 Å². The summed E-state index contributed by atoms with van der Waals surface area (Å²) in [5.41, 5.74) is 0.117. The highest BCUT2D eigenvalue weighted by Gasteiger charge is 2.20. The molecule has 3 N–H and O–H groups in total. The maximum absolute atomic E-state index is 12.2. The Morgan fingerprint density at radius 3 is 2.68 bits per heavy atom. The van der Waals surface area contributed by atoms with Crippen LogP contribution in [0.5, 0.6) is 0 Å². The lowest BCUT2D eigenvalue weighted by atomic mass is 10.1. The van der Waals surface area contributed by atoms with E-state index in [4.69, 9.17) is 4.74 Å². The first-order chi connectivity index (χ1) is 11.8. The fourth-order valence-electron chi connectivity index (χ4n) is 2.08. The van der Waals surface area contributed by atoms with E-state index in [9.17, 15) is 9.59 Å². The first-order valence-electron chi connectivity index (χ1n) is 8.06. The van der Waals surface area contributed by atoms with E-state index >= 15 is 0 Å². The molecule has 0 spiro atoms. The quantitative estimate of drug-likeness (QED) is 0.550. The van der Waals surface area contributed by atoms with E-state index in [0.717, 1.165) is 12.2 Å². The lowest BCUT2D eigenvalue weighted by Gasteiger charge is -2.20. The predicted molar refractivity (Wildman–Crippen MR) is 93.3 cm³/mol. The van der Waals surface area contributed by atoms with Gasteiger partial charge in [0.25, 0.3) is 0 Å². The van der Waals surface area contributed by atoms with Gasteiger partial charge in [0, 0.05) is 13.0 Å². The highest BCUT2D eigenvalue weighted by atomic mass is 16.6. The summed E-state index contributed by atoms with van der Waals surface area (Å²) < 4.78 is 5.36. The Kier molecular flexibility index (Phi) is 6.10. The molecule has 134 valence electrons. The van der Waals surface area contributed by atoms with Gasteiger partial charge in [-0.05, 0) is 39.3 Å². The van der Waals surface area contributed by atoms with Crippen LogP contribution in [-0.4, -0.2) is 39.3 Å². The number of nitrogens with one attached hydrogen (secondary N) is 3. The van der Waals surface area contributed by atoms with Crippen LogP contribution in [0.1, 0.15) is 43.4 Å². The minimum Gasteiger partial charge on any atom is -0.456 e. The number of para-hydroxylation sites is 1. The molecular formula is C17H23N5O3. The molecule has 0 unspecified atom stereocenters. The average Bonchev–Trinajstić information content (AvgIpc) is 3.04. The van der Waals surface area contributed by atoms with E-state index in [1.807, 2.05) is 0 Å². The first-order valence-corrected chi connectivity index (χ1v) is 8.06. The lowest BCUT2D eigenvalue weighted by Crippen LogP contribution is -2.31. The zero-order chi connectivity index (χ0) is 18.3. The van der Waals surface area contributed by atoms with Crippen molar-refractivity contribution in [3.63, 3.8) is 0 Å². The Hall–Kier alpha value is -2.90. The minimum atomic E-state index is -0.604. The molecular weight excluding hydrogens is 322 g/mol. The third kappa shape index (κ3) is 6.25. The molecule has 8 nitrogen and oxygen atoms in total. The van der Waals surface area contributed by atoms with Gasteiger partial charge in [0.15, 0.2) is 0 Å². The molecule has 1 heterocycles. The van der Waals surface area contributed by atoms with Crippen molar-refractivity contribution in [2.24, 2.45) is 0 Å². The standard InChI is InChI=1S/C17H23N5O3/c1-17(2,3)25-15(23)12-7-4-5-8-13(12)21-16(24)18-10-6-9-14-19-11-20-22-14/h4-5,7-8,11H,6,9-10H2,1-3H3,(H2,18,21,24)(H,19,20,22). The fraction of sp³-hybridized carbons (Fsp3) is 0.412. The Labute approximate surface area is 146 Å². The number of aryl methyl sites for hydroxylation is 1. The number of urea groups is 1. The molecule has 2 aromatic rings. The van der Waals surface area contributed by atoms with E-state index in [1.165, 1.54) is 6.33 Å². The van der Waals surface area contributed by atoms with Crippen LogP contribution in [0.4, 0.5) is 10.5 Å². The highest BCUT2D eigenvalue weighted by molar-refractivity contribution is 6.00. The molecule has 0 aliphatic rings. The predicted octanol–water partition coefficient (Wildman–Crippen LogP) is 2.51. The molecule has 0 fully saturated rings. The Bertz CT molecular complexity index is 707. The van der Waals surface area contributed by atoms with E-state index in [0.29, 0.717) is 24.2 Å². The number of nitrogens with zero attached hydrogens (tertiary/aromatic N) is 2. The summed E-state index contributed by atoms with van der Waals surface area (Å²) in [6, 6.07) is 6.36. The molecule has 1 aromatic carbocycles. The molecule has 0 aliphatic carbocycles. The summed E-state index contributed by atoms with van der Waals surface area (Å²) in [7, 11) is 0. The molecule has 0 atom stereocenters. The van der Waals surface area contributed by atoms with Gasteiger partial charge in [0.2, 0.25) is 0 Å². The summed E-state index contributed by atoms with van der Waals surface area (Å²) in [5.74, 6) is 0.297. The number of esters is 1. The minimum absolute atomic E-state index is 0.314. The number of amides is 2. The van der Waals surface area contributed by atoms with Gasteiger partial charge in [-0.15, -0.1) is 0 Å². The molecule has 2 rings (SSSR count). The maximum atomic E-state index is 12.2. The number of carbonyl (C=O) groups excluding carboxylic acids is 2. The van der Waals surface area contributed by atoms with Gasteiger partial charge >= 0.3 is 12.0 Å². The van der Waals surface area contributed by atoms with Crippen molar-refractivity contribution in [2.45, 2.75) is 39.2 Å². The smallest absolute Gasteiger partial charge is 0.340 e. The van der Waals surface area contributed by atoms with E-state index in [1.54, 1.807) is 45.0 Å². The first kappa shape index (κ1) is 18.4. The number of H-pyrrole nitrogens is 1. The van der Waals surface area contributed by atoms with Crippen LogP contribution >= 0.6 is 0 Å². The molecule has 0 radical (unpaired) electrons. The molecule has 0 bridgehead atoms. The zero-order valence-corrected chi connectivity index (χ0v) is 14.6. The SMILES string of the molecule is CC(C)(C)OC(=O)c1ccccc1NC(=O)NCCCc1ncn[nH]1. The second kappa shape index (κ2) is 8.27. The largest absolute Gasteiger partial charge is 0.456 e. The highest BCUT2D eigenvalue weighted by Crippen LogP contribution is 2.19. The topological polar surface area (TPSA) is 109 Å². The van der Waals surface area contributed by atoms with Crippen molar-refractivity contribution in [1.82, 2.24) is 20.5 Å². The Morgan fingerprint density at radius 2 is 2.00 bits per heavy atom. The van der Waals surface area contributed by atoms with Gasteiger partial charge in [0.05, 0.1) is 11.3 Å². The van der Waals surface area contributed by atoms with E-state index in [2.05, 4.69) is 25.8 Å². The van der Waals surface area contributed by atoms with Gasteiger partial charge in [-0.2, -0.15) is 5.10 Å². The van der Waals surface area contributed by atoms with Crippen molar-refractivity contribution < 1.29 is 14.3 Å². The van der Waals surface area contributed by atoms with Crippen molar-refractivity contribution in [1.29, 1.82) is 0 Å². The maximum Gasteiger partial charge on any atom is 0.340 e. The lowest BCUT2D eigenvalue weighted by molar-refractivity contribution is 0.00708. The number of hydrogen-bond donors (Lipinski definition) is 3. The number of rotatable bonds is 6. The zero-order valence-electron chi connectivity index (χ0n) is 14.6. The van der Waals surface area contributed by atoms with Crippen molar-refractivity contribution in [3.8, 4) is 0 Å². The summed E-state index contributed by atoms with van der Waals surface area (Å²) in [6.07, 6.45) is 2.86. The number of aromatic amines is 1. The third-order valence-corrected chi connectivity index (χ3v) is 3.13. The summed E-state index contributed by atoms with van der Waals surface area (Å²) in [4.78, 5) is 28.3. The molecule has 0 saturated carbocycles. The van der Waals surface area contributed by atoms with Gasteiger partial charge in [-0.1, -0.05) is 12.1 Å². The molecule has 25 heavy (non-hydrogen) atoms.